The highest BCUT2D eigenvalue weighted by atomic mass is 32.2. The van der Waals surface area contributed by atoms with Crippen molar-refractivity contribution in [2.45, 2.75) is 26.3 Å². The van der Waals surface area contributed by atoms with Crippen LogP contribution in [0.2, 0.25) is 0 Å². The molecule has 0 bridgehead atoms. The van der Waals surface area contributed by atoms with E-state index in [0.29, 0.717) is 0 Å². The Hall–Kier alpha value is -1.53. The molecule has 5 nitrogen and oxygen atoms in total. The summed E-state index contributed by atoms with van der Waals surface area (Å²) in [4.78, 5) is 22.4. The van der Waals surface area contributed by atoms with Crippen molar-refractivity contribution in [1.29, 1.82) is 0 Å². The second-order valence-electron chi connectivity index (χ2n) is 4.47. The van der Waals surface area contributed by atoms with Crippen molar-refractivity contribution in [3.63, 3.8) is 0 Å². The van der Waals surface area contributed by atoms with E-state index < -0.39 is 12.0 Å². The van der Waals surface area contributed by atoms with Gasteiger partial charge in [0.1, 0.15) is 6.04 Å². The lowest BCUT2D eigenvalue weighted by atomic mass is 10.1. The molecule has 110 valence electrons. The predicted octanol–water partition coefficient (Wildman–Crippen LogP) is 1.64. The smallest absolute Gasteiger partial charge is 0.321 e. The molecule has 1 atom stereocenters. The molecule has 0 aliphatic carbocycles. The molecule has 0 radical (unpaired) electrons. The van der Waals surface area contributed by atoms with Gasteiger partial charge in [0.2, 0.25) is 5.91 Å². The maximum atomic E-state index is 11.9. The Labute approximate surface area is 122 Å². The van der Waals surface area contributed by atoms with Crippen LogP contribution in [0.25, 0.3) is 0 Å². The number of aliphatic carboxylic acids is 1. The van der Waals surface area contributed by atoms with Crippen molar-refractivity contribution in [2.24, 2.45) is 5.73 Å². The summed E-state index contributed by atoms with van der Waals surface area (Å²) in [5.74, 6) is -0.781. The zero-order valence-electron chi connectivity index (χ0n) is 11.7. The van der Waals surface area contributed by atoms with Crippen LogP contribution < -0.4 is 11.1 Å². The van der Waals surface area contributed by atoms with Gasteiger partial charge in [-0.15, -0.1) is 11.8 Å². The third-order valence-electron chi connectivity index (χ3n) is 2.85. The number of carbonyl (C=O) groups is 2. The second-order valence-corrected chi connectivity index (χ2v) is 5.50. The van der Waals surface area contributed by atoms with Gasteiger partial charge in [0, 0.05) is 11.4 Å². The highest BCUT2D eigenvalue weighted by Gasteiger charge is 2.13. The first kappa shape index (κ1) is 16.5. The van der Waals surface area contributed by atoms with Crippen LogP contribution in [0.15, 0.2) is 18.2 Å². The molecular weight excluding hydrogens is 276 g/mol. The van der Waals surface area contributed by atoms with E-state index in [2.05, 4.69) is 5.32 Å². The monoisotopic (exact) mass is 296 g/mol. The highest BCUT2D eigenvalue weighted by Crippen LogP contribution is 2.21. The van der Waals surface area contributed by atoms with Gasteiger partial charge in [-0.1, -0.05) is 25.1 Å². The average Bonchev–Trinajstić information content (AvgIpc) is 2.40. The van der Waals surface area contributed by atoms with Crippen molar-refractivity contribution in [1.82, 2.24) is 0 Å². The molecule has 1 aromatic carbocycles. The SMILES string of the molecule is CCc1cccc(C)c1NC(=O)CSC[C@@H](N)C(=O)O. The Kier molecular flexibility index (Phi) is 6.54. The number of anilines is 1. The largest absolute Gasteiger partial charge is 0.480 e. The number of hydrogen-bond acceptors (Lipinski definition) is 4. The van der Waals surface area contributed by atoms with Crippen LogP contribution in [0.1, 0.15) is 18.1 Å². The van der Waals surface area contributed by atoms with Crippen molar-refractivity contribution in [2.75, 3.05) is 16.8 Å². The number of nitrogens with one attached hydrogen (secondary N) is 1. The Bertz CT molecular complexity index is 491. The van der Waals surface area contributed by atoms with Gasteiger partial charge in [-0.05, 0) is 24.5 Å². The van der Waals surface area contributed by atoms with E-state index in [1.54, 1.807) is 0 Å². The first-order valence-electron chi connectivity index (χ1n) is 6.40. The number of amides is 1. The quantitative estimate of drug-likeness (QED) is 0.711. The number of benzene rings is 1. The van der Waals surface area contributed by atoms with E-state index in [1.165, 1.54) is 11.8 Å². The summed E-state index contributed by atoms with van der Waals surface area (Å²) >= 11 is 1.22. The fraction of sp³-hybridized carbons (Fsp3) is 0.429. The van der Waals surface area contributed by atoms with Crippen LogP contribution >= 0.6 is 11.8 Å². The Morgan fingerprint density at radius 3 is 2.75 bits per heavy atom. The number of carboxylic acids is 1. The van der Waals surface area contributed by atoms with Gasteiger partial charge in [-0.2, -0.15) is 0 Å². The predicted molar refractivity (Wildman–Crippen MR) is 82.1 cm³/mol. The first-order chi connectivity index (χ1) is 9.45. The van der Waals surface area contributed by atoms with Crippen molar-refractivity contribution >= 4 is 29.3 Å². The molecular formula is C14H20N2O3S. The standard InChI is InChI=1S/C14H20N2O3S/c1-3-10-6-4-5-9(2)13(10)16-12(17)8-20-7-11(15)14(18)19/h4-6,11H,3,7-8,15H2,1-2H3,(H,16,17)(H,18,19)/t11-/m1/s1. The minimum atomic E-state index is -1.05. The van der Waals surface area contributed by atoms with Gasteiger partial charge in [0.05, 0.1) is 5.75 Å². The lowest BCUT2D eigenvalue weighted by molar-refractivity contribution is -0.137. The third kappa shape index (κ3) is 4.86. The molecule has 1 amide bonds. The molecule has 0 aliphatic heterocycles. The van der Waals surface area contributed by atoms with Crippen LogP contribution in [-0.2, 0) is 16.0 Å². The summed E-state index contributed by atoms with van der Waals surface area (Å²) in [6.07, 6.45) is 0.842. The fourth-order valence-corrected chi connectivity index (χ4v) is 2.50. The minimum Gasteiger partial charge on any atom is -0.480 e. The lowest BCUT2D eigenvalue weighted by Crippen LogP contribution is -2.33. The minimum absolute atomic E-state index is 0.142. The molecule has 0 saturated heterocycles. The molecule has 4 N–H and O–H groups in total. The van der Waals surface area contributed by atoms with Crippen LogP contribution in [0, 0.1) is 6.92 Å². The van der Waals surface area contributed by atoms with E-state index in [-0.39, 0.29) is 17.4 Å². The number of aryl methyl sites for hydroxylation is 2. The van der Waals surface area contributed by atoms with Gasteiger partial charge >= 0.3 is 5.97 Å². The number of thioether (sulfide) groups is 1. The molecule has 0 heterocycles. The average molecular weight is 296 g/mol. The van der Waals surface area contributed by atoms with Gasteiger partial charge in [-0.3, -0.25) is 9.59 Å². The topological polar surface area (TPSA) is 92.4 Å². The van der Waals surface area contributed by atoms with Gasteiger partial charge in [-0.25, -0.2) is 0 Å². The van der Waals surface area contributed by atoms with E-state index in [9.17, 15) is 9.59 Å². The molecule has 1 rings (SSSR count). The van der Waals surface area contributed by atoms with Crippen LogP contribution in [-0.4, -0.2) is 34.5 Å². The van der Waals surface area contributed by atoms with Crippen LogP contribution in [0.4, 0.5) is 5.69 Å². The zero-order valence-corrected chi connectivity index (χ0v) is 12.5. The Balaban J connectivity index is 2.53. The molecule has 1 aromatic rings. The number of carbonyl (C=O) groups excluding carboxylic acids is 1. The number of rotatable bonds is 7. The van der Waals surface area contributed by atoms with E-state index in [0.717, 1.165) is 23.2 Å². The van der Waals surface area contributed by atoms with Crippen molar-refractivity contribution in [3.8, 4) is 0 Å². The number of carboxylic acid groups (broad SMARTS) is 1. The summed E-state index contributed by atoms with van der Waals surface area (Å²) in [5.41, 5.74) is 8.33. The maximum Gasteiger partial charge on any atom is 0.321 e. The summed E-state index contributed by atoms with van der Waals surface area (Å²) in [6, 6.07) is 4.96. The van der Waals surface area contributed by atoms with Crippen LogP contribution in [0.5, 0.6) is 0 Å². The number of para-hydroxylation sites is 1. The molecule has 20 heavy (non-hydrogen) atoms. The zero-order chi connectivity index (χ0) is 15.1. The summed E-state index contributed by atoms with van der Waals surface area (Å²) < 4.78 is 0. The molecule has 0 fully saturated rings. The lowest BCUT2D eigenvalue weighted by Gasteiger charge is -2.13. The molecule has 0 unspecified atom stereocenters. The maximum absolute atomic E-state index is 11.9. The number of nitrogens with two attached hydrogens (primary N) is 1. The van der Waals surface area contributed by atoms with Gasteiger partial charge in [0.25, 0.3) is 0 Å². The molecule has 6 heteroatoms. The number of hydrogen-bond donors (Lipinski definition) is 3. The van der Waals surface area contributed by atoms with Crippen molar-refractivity contribution < 1.29 is 14.7 Å². The van der Waals surface area contributed by atoms with E-state index in [1.807, 2.05) is 32.0 Å². The Morgan fingerprint density at radius 1 is 1.45 bits per heavy atom. The van der Waals surface area contributed by atoms with Gasteiger partial charge in [0.15, 0.2) is 0 Å². The highest BCUT2D eigenvalue weighted by molar-refractivity contribution is 8.00. The summed E-state index contributed by atoms with van der Waals surface area (Å²) in [5, 5.41) is 11.5. The molecule has 0 aliphatic rings. The summed E-state index contributed by atoms with van der Waals surface area (Å²) in [6.45, 7) is 3.98. The molecule has 0 aromatic heterocycles. The normalized spacial score (nSPS) is 11.9. The van der Waals surface area contributed by atoms with Gasteiger partial charge < -0.3 is 16.2 Å². The molecule has 0 saturated carbocycles. The third-order valence-corrected chi connectivity index (χ3v) is 3.91. The molecule has 0 spiro atoms. The van der Waals surface area contributed by atoms with Crippen LogP contribution in [0.3, 0.4) is 0 Å². The Morgan fingerprint density at radius 2 is 2.15 bits per heavy atom. The van der Waals surface area contributed by atoms with Crippen molar-refractivity contribution in [3.05, 3.63) is 29.3 Å². The van der Waals surface area contributed by atoms with E-state index >= 15 is 0 Å². The summed E-state index contributed by atoms with van der Waals surface area (Å²) in [7, 11) is 0. The first-order valence-corrected chi connectivity index (χ1v) is 7.55. The fourth-order valence-electron chi connectivity index (χ4n) is 1.73. The second kappa shape index (κ2) is 7.91. The van der Waals surface area contributed by atoms with E-state index in [4.69, 9.17) is 10.8 Å².